The molecule has 1 aromatic rings. The first-order valence-corrected chi connectivity index (χ1v) is 8.03. The molecule has 0 radical (unpaired) electrons. The molecule has 0 aromatic carbocycles. The van der Waals surface area contributed by atoms with E-state index in [-0.39, 0.29) is 22.6 Å². The molecule has 20 heavy (non-hydrogen) atoms. The minimum absolute atomic E-state index is 0.0775. The van der Waals surface area contributed by atoms with Crippen molar-refractivity contribution in [1.82, 2.24) is 20.2 Å². The first-order valence-electron chi connectivity index (χ1n) is 6.55. The number of aromatic nitrogens is 2. The molecule has 114 valence electrons. The van der Waals surface area contributed by atoms with Crippen LogP contribution in [0.1, 0.15) is 25.8 Å². The summed E-state index contributed by atoms with van der Waals surface area (Å²) in [5.74, 6) is 0. The zero-order chi connectivity index (χ0) is 15.0. The number of H-pyrrole nitrogens is 1. The Labute approximate surface area is 119 Å². The Balaban J connectivity index is 2.15. The molecular formula is C12H22N4O3S. The highest BCUT2D eigenvalue weighted by atomic mass is 32.2. The number of rotatable bonds is 6. The van der Waals surface area contributed by atoms with Gasteiger partial charge in [-0.3, -0.25) is 5.10 Å². The molecular weight excluding hydrogens is 280 g/mol. The summed E-state index contributed by atoms with van der Waals surface area (Å²) >= 11 is 0. The molecule has 1 heterocycles. The summed E-state index contributed by atoms with van der Waals surface area (Å²) in [5.41, 5.74) is 0.408. The fraction of sp³-hybridized carbons (Fsp3) is 0.750. The monoisotopic (exact) mass is 302 g/mol. The summed E-state index contributed by atoms with van der Waals surface area (Å²) < 4.78 is 32.9. The van der Waals surface area contributed by atoms with Crippen LogP contribution < -0.4 is 10.0 Å². The Bertz CT molecular complexity index is 567. The number of sulfonamides is 1. The molecule has 2 atom stereocenters. The highest BCUT2D eigenvalue weighted by Crippen LogP contribution is 2.43. The number of nitrogens with zero attached hydrogens (tertiary/aromatic N) is 1. The minimum atomic E-state index is -3.60. The van der Waals surface area contributed by atoms with Crippen molar-refractivity contribution in [2.24, 2.45) is 5.41 Å². The van der Waals surface area contributed by atoms with Crippen molar-refractivity contribution in [2.75, 3.05) is 14.2 Å². The van der Waals surface area contributed by atoms with Gasteiger partial charge in [-0.05, 0) is 13.5 Å². The number of aromatic amines is 1. The van der Waals surface area contributed by atoms with Crippen LogP contribution in [0.3, 0.4) is 0 Å². The molecule has 1 aliphatic carbocycles. The van der Waals surface area contributed by atoms with Crippen LogP contribution in [0.5, 0.6) is 0 Å². The second kappa shape index (κ2) is 5.44. The van der Waals surface area contributed by atoms with E-state index in [1.165, 1.54) is 6.20 Å². The largest absolute Gasteiger partial charge is 0.381 e. The maximum absolute atomic E-state index is 12.4. The van der Waals surface area contributed by atoms with Crippen LogP contribution in [-0.2, 0) is 21.3 Å². The first kappa shape index (κ1) is 15.4. The van der Waals surface area contributed by atoms with Gasteiger partial charge in [-0.2, -0.15) is 5.10 Å². The van der Waals surface area contributed by atoms with Crippen LogP contribution >= 0.6 is 0 Å². The van der Waals surface area contributed by atoms with Crippen molar-refractivity contribution in [3.05, 3.63) is 11.8 Å². The maximum atomic E-state index is 12.4. The second-order valence-corrected chi connectivity index (χ2v) is 7.36. The zero-order valence-corrected chi connectivity index (χ0v) is 13.0. The number of ether oxygens (including phenoxy) is 1. The lowest BCUT2D eigenvalue weighted by Gasteiger charge is -2.50. The van der Waals surface area contributed by atoms with Crippen LogP contribution in [0.25, 0.3) is 0 Å². The molecule has 0 spiro atoms. The van der Waals surface area contributed by atoms with Gasteiger partial charge in [-0.1, -0.05) is 13.8 Å². The molecule has 0 aliphatic heterocycles. The molecule has 2 rings (SSSR count). The van der Waals surface area contributed by atoms with E-state index in [9.17, 15) is 8.42 Å². The molecule has 2 unspecified atom stereocenters. The van der Waals surface area contributed by atoms with Crippen LogP contribution in [0.2, 0.25) is 0 Å². The molecule has 8 heteroatoms. The van der Waals surface area contributed by atoms with E-state index in [1.807, 2.05) is 13.8 Å². The van der Waals surface area contributed by atoms with Crippen molar-refractivity contribution < 1.29 is 13.2 Å². The van der Waals surface area contributed by atoms with Gasteiger partial charge >= 0.3 is 0 Å². The quantitative estimate of drug-likeness (QED) is 0.698. The molecule has 1 aromatic heterocycles. The Morgan fingerprint density at radius 1 is 1.55 bits per heavy atom. The van der Waals surface area contributed by atoms with Crippen LogP contribution in [0.4, 0.5) is 0 Å². The zero-order valence-electron chi connectivity index (χ0n) is 12.2. The van der Waals surface area contributed by atoms with Crippen molar-refractivity contribution in [2.45, 2.75) is 44.0 Å². The molecule has 0 saturated heterocycles. The summed E-state index contributed by atoms with van der Waals surface area (Å²) in [7, 11) is -0.187. The lowest BCUT2D eigenvalue weighted by atomic mass is 9.65. The first-order chi connectivity index (χ1) is 9.32. The summed E-state index contributed by atoms with van der Waals surface area (Å²) in [6.07, 6.45) is 2.28. The Kier molecular flexibility index (Phi) is 4.19. The Hall–Kier alpha value is -0.960. The maximum Gasteiger partial charge on any atom is 0.258 e. The fourth-order valence-corrected chi connectivity index (χ4v) is 4.12. The van der Waals surface area contributed by atoms with E-state index >= 15 is 0 Å². The third kappa shape index (κ3) is 2.60. The SMILES string of the molecule is CNCc1cn[nH]c1S(=O)(=O)NC1CC(OC)C1(C)C. The summed E-state index contributed by atoms with van der Waals surface area (Å²) in [4.78, 5) is 0. The van der Waals surface area contributed by atoms with Gasteiger partial charge in [0.05, 0.1) is 12.3 Å². The summed E-state index contributed by atoms with van der Waals surface area (Å²) in [5, 5.41) is 9.43. The van der Waals surface area contributed by atoms with Gasteiger partial charge in [0.15, 0.2) is 5.03 Å². The van der Waals surface area contributed by atoms with Gasteiger partial charge in [0.1, 0.15) is 0 Å². The predicted octanol–water partition coefficient (Wildman–Crippen LogP) is 0.221. The third-order valence-electron chi connectivity index (χ3n) is 4.07. The van der Waals surface area contributed by atoms with E-state index in [1.54, 1.807) is 14.2 Å². The number of nitrogens with one attached hydrogen (secondary N) is 3. The van der Waals surface area contributed by atoms with Crippen molar-refractivity contribution in [3.8, 4) is 0 Å². The number of methoxy groups -OCH3 is 1. The molecule has 7 nitrogen and oxygen atoms in total. The van der Waals surface area contributed by atoms with E-state index in [0.29, 0.717) is 18.5 Å². The topological polar surface area (TPSA) is 96.1 Å². The Morgan fingerprint density at radius 3 is 2.80 bits per heavy atom. The average Bonchev–Trinajstić information content (AvgIpc) is 2.83. The smallest absolute Gasteiger partial charge is 0.258 e. The number of hydrogen-bond donors (Lipinski definition) is 3. The van der Waals surface area contributed by atoms with Crippen LogP contribution in [0.15, 0.2) is 11.2 Å². The summed E-state index contributed by atoms with van der Waals surface area (Å²) in [6.45, 7) is 4.44. The highest BCUT2D eigenvalue weighted by Gasteiger charge is 2.50. The number of hydrogen-bond acceptors (Lipinski definition) is 5. The van der Waals surface area contributed by atoms with Crippen LogP contribution in [-0.4, -0.2) is 44.9 Å². The minimum Gasteiger partial charge on any atom is -0.381 e. The third-order valence-corrected chi connectivity index (χ3v) is 5.56. The van der Waals surface area contributed by atoms with E-state index in [4.69, 9.17) is 4.74 Å². The van der Waals surface area contributed by atoms with Gasteiger partial charge in [-0.25, -0.2) is 13.1 Å². The van der Waals surface area contributed by atoms with Crippen molar-refractivity contribution in [3.63, 3.8) is 0 Å². The van der Waals surface area contributed by atoms with E-state index in [0.717, 1.165) is 0 Å². The van der Waals surface area contributed by atoms with E-state index in [2.05, 4.69) is 20.2 Å². The standard InChI is InChI=1S/C12H22N4O3S/c1-12(2)9(5-10(12)19-4)16-20(17,18)11-8(6-13-3)7-14-15-11/h7,9-10,13,16H,5-6H2,1-4H3,(H,14,15). The molecule has 3 N–H and O–H groups in total. The van der Waals surface area contributed by atoms with Crippen molar-refractivity contribution >= 4 is 10.0 Å². The lowest BCUT2D eigenvalue weighted by Crippen LogP contribution is -2.61. The second-order valence-electron chi connectivity index (χ2n) is 5.71. The molecule has 1 fully saturated rings. The normalized spacial score (nSPS) is 25.4. The highest BCUT2D eigenvalue weighted by molar-refractivity contribution is 7.89. The van der Waals surface area contributed by atoms with E-state index < -0.39 is 10.0 Å². The molecule has 0 bridgehead atoms. The van der Waals surface area contributed by atoms with Gasteiger partial charge in [-0.15, -0.1) is 0 Å². The average molecular weight is 302 g/mol. The van der Waals surface area contributed by atoms with Crippen molar-refractivity contribution in [1.29, 1.82) is 0 Å². The van der Waals surface area contributed by atoms with Gasteiger partial charge < -0.3 is 10.1 Å². The lowest BCUT2D eigenvalue weighted by molar-refractivity contribution is -0.0908. The Morgan fingerprint density at radius 2 is 2.25 bits per heavy atom. The predicted molar refractivity (Wildman–Crippen MR) is 74.7 cm³/mol. The van der Waals surface area contributed by atoms with Crippen LogP contribution in [0, 0.1) is 5.41 Å². The molecule has 0 amide bonds. The fourth-order valence-electron chi connectivity index (χ4n) is 2.58. The molecule has 1 saturated carbocycles. The van der Waals surface area contributed by atoms with Gasteiger partial charge in [0.25, 0.3) is 10.0 Å². The molecule has 1 aliphatic rings. The summed E-state index contributed by atoms with van der Waals surface area (Å²) in [6, 6.07) is -0.136. The van der Waals surface area contributed by atoms with Gasteiger partial charge in [0.2, 0.25) is 0 Å². The van der Waals surface area contributed by atoms with Gasteiger partial charge in [0, 0.05) is 30.7 Å².